The molecule has 0 fully saturated rings. The Kier molecular flexibility index (Phi) is 10.7. The van der Waals surface area contributed by atoms with Crippen molar-refractivity contribution >= 4 is 29.2 Å². The van der Waals surface area contributed by atoms with Crippen LogP contribution in [0.3, 0.4) is 0 Å². The van der Waals surface area contributed by atoms with Gasteiger partial charge in [0.15, 0.2) is 17.2 Å². The van der Waals surface area contributed by atoms with Gasteiger partial charge in [-0.15, -0.1) is 0 Å². The highest BCUT2D eigenvalue weighted by Gasteiger charge is 2.32. The van der Waals surface area contributed by atoms with Gasteiger partial charge in [-0.2, -0.15) is 5.26 Å². The van der Waals surface area contributed by atoms with Crippen LogP contribution in [0, 0.1) is 17.2 Å². The van der Waals surface area contributed by atoms with Gasteiger partial charge in [-0.25, -0.2) is 4.79 Å². The number of nitrogens with two attached hydrogens (primary N) is 1. The van der Waals surface area contributed by atoms with E-state index in [2.05, 4.69) is 19.9 Å². The van der Waals surface area contributed by atoms with E-state index in [-0.39, 0.29) is 32.8 Å². The molecule has 1 atom stereocenters. The Hall–Kier alpha value is -4.06. The van der Waals surface area contributed by atoms with Gasteiger partial charge in [-0.3, -0.25) is 0 Å². The molecule has 1 aliphatic heterocycles. The summed E-state index contributed by atoms with van der Waals surface area (Å²) in [7, 11) is 1.57. The van der Waals surface area contributed by atoms with Crippen LogP contribution in [0.2, 0.25) is 10.0 Å². The quantitative estimate of drug-likeness (QED) is 0.122. The molecule has 4 rings (SSSR count). The minimum absolute atomic E-state index is 0.0445. The zero-order valence-corrected chi connectivity index (χ0v) is 26.1. The highest BCUT2D eigenvalue weighted by Crippen LogP contribution is 2.45. The number of nitriles is 1. The Morgan fingerprint density at radius 3 is 2.44 bits per heavy atom. The number of methoxy groups -OCH3 is 1. The van der Waals surface area contributed by atoms with E-state index in [1.807, 2.05) is 25.1 Å². The molecule has 0 saturated carbocycles. The lowest BCUT2D eigenvalue weighted by molar-refractivity contribution is 0.0734. The topological polar surface area (TPSA) is 113 Å². The molecule has 0 bridgehead atoms. The number of ether oxygens (including phenoxy) is 5. The fourth-order valence-electron chi connectivity index (χ4n) is 4.53. The Balaban J connectivity index is 1.59. The molecule has 0 spiro atoms. The minimum Gasteiger partial charge on any atom is -0.493 e. The molecule has 0 radical (unpaired) electrons. The first-order valence-corrected chi connectivity index (χ1v) is 14.8. The lowest BCUT2D eigenvalue weighted by Crippen LogP contribution is -2.21. The number of hydrogen-bond acceptors (Lipinski definition) is 8. The van der Waals surface area contributed by atoms with Gasteiger partial charge in [-0.1, -0.05) is 62.5 Å². The number of benzene rings is 3. The molecule has 0 aliphatic carbocycles. The number of halogens is 2. The number of rotatable bonds is 12. The summed E-state index contributed by atoms with van der Waals surface area (Å²) in [6.45, 7) is 7.33. The molecular weight excluding hydrogens is 591 g/mol. The SMILES string of the molecule is CCCCOc1c(Cl)cc(C(=O)Oc2ccc3c(c2)OC(N)=C(C#N)C3c2ccc(OCCC(C)C)c(OC)c2)cc1Cl. The highest BCUT2D eigenvalue weighted by atomic mass is 35.5. The molecule has 1 unspecified atom stereocenters. The van der Waals surface area contributed by atoms with E-state index in [9.17, 15) is 10.1 Å². The first-order chi connectivity index (χ1) is 20.7. The molecule has 2 N–H and O–H groups in total. The Labute approximate surface area is 261 Å². The van der Waals surface area contributed by atoms with Crippen LogP contribution < -0.4 is 29.4 Å². The number of carbonyl (C=O) groups excluding carboxylic acids is 1. The van der Waals surface area contributed by atoms with Crippen molar-refractivity contribution in [2.75, 3.05) is 20.3 Å². The Bertz CT molecular complexity index is 1540. The number of carbonyl (C=O) groups is 1. The normalized spacial score (nSPS) is 14.0. The van der Waals surface area contributed by atoms with Crippen molar-refractivity contribution in [2.45, 2.75) is 46.0 Å². The van der Waals surface area contributed by atoms with Crippen LogP contribution in [-0.4, -0.2) is 26.3 Å². The number of esters is 1. The van der Waals surface area contributed by atoms with Gasteiger partial charge in [0.2, 0.25) is 5.88 Å². The van der Waals surface area contributed by atoms with Crippen molar-refractivity contribution in [3.05, 3.63) is 86.7 Å². The summed E-state index contributed by atoms with van der Waals surface area (Å²) in [4.78, 5) is 13.0. The summed E-state index contributed by atoms with van der Waals surface area (Å²) >= 11 is 12.7. The second kappa shape index (κ2) is 14.4. The maximum Gasteiger partial charge on any atom is 0.343 e. The molecule has 0 saturated heterocycles. The number of hydrogen-bond donors (Lipinski definition) is 1. The first-order valence-electron chi connectivity index (χ1n) is 14.0. The van der Waals surface area contributed by atoms with Crippen molar-refractivity contribution in [3.8, 4) is 34.8 Å². The summed E-state index contributed by atoms with van der Waals surface area (Å²) in [5.74, 6) is 1.26. The largest absolute Gasteiger partial charge is 0.493 e. The molecule has 1 heterocycles. The molecule has 3 aromatic rings. The van der Waals surface area contributed by atoms with Gasteiger partial charge in [-0.05, 0) is 54.7 Å². The van der Waals surface area contributed by atoms with E-state index < -0.39 is 11.9 Å². The summed E-state index contributed by atoms with van der Waals surface area (Å²) < 4.78 is 28.6. The van der Waals surface area contributed by atoms with Crippen LogP contribution in [0.25, 0.3) is 0 Å². The lowest BCUT2D eigenvalue weighted by Gasteiger charge is -2.27. The van der Waals surface area contributed by atoms with Gasteiger partial charge in [0.25, 0.3) is 0 Å². The van der Waals surface area contributed by atoms with Gasteiger partial charge < -0.3 is 29.4 Å². The molecule has 10 heteroatoms. The second-order valence-electron chi connectivity index (χ2n) is 10.4. The number of nitrogens with zero attached hydrogens (tertiary/aromatic N) is 1. The number of allylic oxidation sites excluding steroid dienone is 1. The molecule has 226 valence electrons. The van der Waals surface area contributed by atoms with Crippen molar-refractivity contribution in [2.24, 2.45) is 11.7 Å². The van der Waals surface area contributed by atoms with E-state index in [4.69, 9.17) is 52.6 Å². The maximum absolute atomic E-state index is 13.0. The van der Waals surface area contributed by atoms with Gasteiger partial charge in [0.05, 0.1) is 41.9 Å². The summed E-state index contributed by atoms with van der Waals surface area (Å²) in [5, 5.41) is 10.4. The van der Waals surface area contributed by atoms with Gasteiger partial charge in [0, 0.05) is 11.6 Å². The average Bonchev–Trinajstić information content (AvgIpc) is 2.97. The fourth-order valence-corrected chi connectivity index (χ4v) is 5.13. The standard InChI is InChI=1S/C33H34Cl2N2O6/c1-5-6-12-41-31-25(34)14-21(15-26(31)35)33(38)42-22-8-9-23-28(17-22)43-32(37)24(18-36)30(23)20-7-10-27(29(16-20)39-4)40-13-11-19(2)3/h7-10,14-17,19,30H,5-6,11-13,37H2,1-4H3. The van der Waals surface area contributed by atoms with E-state index in [1.54, 1.807) is 25.3 Å². The first kappa shape index (κ1) is 31.9. The second-order valence-corrected chi connectivity index (χ2v) is 11.2. The van der Waals surface area contributed by atoms with Crippen molar-refractivity contribution in [1.29, 1.82) is 5.26 Å². The molecule has 0 aromatic heterocycles. The fraction of sp³-hybridized carbons (Fsp3) is 0.333. The predicted molar refractivity (Wildman–Crippen MR) is 166 cm³/mol. The van der Waals surface area contributed by atoms with E-state index in [0.717, 1.165) is 24.8 Å². The van der Waals surface area contributed by atoms with Gasteiger partial charge in [0.1, 0.15) is 23.1 Å². The summed E-state index contributed by atoms with van der Waals surface area (Å²) in [6.07, 6.45) is 2.71. The van der Waals surface area contributed by atoms with Crippen LogP contribution in [0.15, 0.2) is 60.0 Å². The van der Waals surface area contributed by atoms with Crippen molar-refractivity contribution < 1.29 is 28.5 Å². The third kappa shape index (κ3) is 7.48. The van der Waals surface area contributed by atoms with Crippen molar-refractivity contribution in [3.63, 3.8) is 0 Å². The predicted octanol–water partition coefficient (Wildman–Crippen LogP) is 8.04. The third-order valence-electron chi connectivity index (χ3n) is 6.85. The molecular formula is C33H34Cl2N2O6. The Morgan fingerprint density at radius 1 is 1.05 bits per heavy atom. The van der Waals surface area contributed by atoms with Crippen LogP contribution in [0.4, 0.5) is 0 Å². The molecule has 8 nitrogen and oxygen atoms in total. The van der Waals surface area contributed by atoms with Crippen LogP contribution in [-0.2, 0) is 0 Å². The zero-order chi connectivity index (χ0) is 31.1. The molecule has 1 aliphatic rings. The van der Waals surface area contributed by atoms with E-state index in [0.29, 0.717) is 47.7 Å². The summed E-state index contributed by atoms with van der Waals surface area (Å²) in [5.41, 5.74) is 8.02. The number of unbranched alkanes of at least 4 members (excludes halogenated alkanes) is 1. The van der Waals surface area contributed by atoms with Crippen LogP contribution >= 0.6 is 23.2 Å². The highest BCUT2D eigenvalue weighted by molar-refractivity contribution is 6.37. The van der Waals surface area contributed by atoms with Crippen LogP contribution in [0.1, 0.15) is 67.4 Å². The monoisotopic (exact) mass is 624 g/mol. The third-order valence-corrected chi connectivity index (χ3v) is 7.41. The lowest BCUT2D eigenvalue weighted by atomic mass is 9.83. The molecule has 43 heavy (non-hydrogen) atoms. The molecule has 0 amide bonds. The zero-order valence-electron chi connectivity index (χ0n) is 24.5. The maximum atomic E-state index is 13.0. The Morgan fingerprint density at radius 2 is 1.79 bits per heavy atom. The minimum atomic E-state index is -0.671. The van der Waals surface area contributed by atoms with Crippen LogP contribution in [0.5, 0.6) is 28.7 Å². The molecule has 3 aromatic carbocycles. The average molecular weight is 626 g/mol. The van der Waals surface area contributed by atoms with Crippen molar-refractivity contribution in [1.82, 2.24) is 0 Å². The summed E-state index contributed by atoms with van der Waals surface area (Å²) in [6, 6.07) is 15.5. The smallest absolute Gasteiger partial charge is 0.343 e. The van der Waals surface area contributed by atoms with E-state index in [1.165, 1.54) is 12.1 Å². The van der Waals surface area contributed by atoms with Gasteiger partial charge >= 0.3 is 5.97 Å². The number of fused-ring (bicyclic) bond motifs is 1. The van der Waals surface area contributed by atoms with E-state index >= 15 is 0 Å².